The van der Waals surface area contributed by atoms with Crippen LogP contribution in [0.1, 0.15) is 28.8 Å². The lowest BCUT2D eigenvalue weighted by atomic mass is 9.88. The maximum Gasteiger partial charge on any atom is 0.261 e. The molecule has 170 valence electrons. The van der Waals surface area contributed by atoms with Gasteiger partial charge in [0.25, 0.3) is 12.3 Å². The first-order valence-electron chi connectivity index (χ1n) is 10.8. The Labute approximate surface area is 185 Å². The van der Waals surface area contributed by atoms with Gasteiger partial charge in [-0.05, 0) is 24.6 Å². The number of benzene rings is 1. The van der Waals surface area contributed by atoms with E-state index in [-0.39, 0.29) is 59.4 Å². The summed E-state index contributed by atoms with van der Waals surface area (Å²) >= 11 is 0. The van der Waals surface area contributed by atoms with E-state index >= 15 is 0 Å². The number of rotatable bonds is 1. The number of alkyl halides is 2. The van der Waals surface area contributed by atoms with Gasteiger partial charge in [-0.3, -0.25) is 4.79 Å². The molecular formula is C22H18F3N5O3. The van der Waals surface area contributed by atoms with Crippen LogP contribution in [0.25, 0.3) is 5.65 Å². The second-order valence-electron chi connectivity index (χ2n) is 9.13. The smallest absolute Gasteiger partial charge is 0.261 e. The molecule has 33 heavy (non-hydrogen) atoms. The molecule has 2 aliphatic carbocycles. The van der Waals surface area contributed by atoms with Crippen LogP contribution in [-0.4, -0.2) is 51.2 Å². The molecule has 2 fully saturated rings. The quantitative estimate of drug-likeness (QED) is 0.605. The Bertz CT molecular complexity index is 1330. The van der Waals surface area contributed by atoms with Crippen LogP contribution in [0.2, 0.25) is 0 Å². The highest BCUT2D eigenvalue weighted by atomic mass is 19.3. The summed E-state index contributed by atoms with van der Waals surface area (Å²) in [5.74, 6) is 0.196. The van der Waals surface area contributed by atoms with E-state index in [2.05, 4.69) is 15.4 Å². The number of nitrogens with zero attached hydrogens (tertiary/aromatic N) is 4. The zero-order chi connectivity index (χ0) is 22.5. The second-order valence-corrected chi connectivity index (χ2v) is 9.13. The maximum absolute atomic E-state index is 14.2. The molecule has 1 amide bonds. The zero-order valence-electron chi connectivity index (χ0n) is 17.2. The molecule has 8 nitrogen and oxygen atoms in total. The molecule has 0 radical (unpaired) electrons. The fourth-order valence-corrected chi connectivity index (χ4v) is 5.32. The number of hydrogen-bond acceptors (Lipinski definition) is 6. The molecule has 3 aromatic rings. The number of carbonyl (C=O) groups excluding carboxylic acids is 1. The normalized spacial score (nSPS) is 29.4. The van der Waals surface area contributed by atoms with Gasteiger partial charge < -0.3 is 19.7 Å². The predicted octanol–water partition coefficient (Wildman–Crippen LogP) is 2.55. The monoisotopic (exact) mass is 457 g/mol. The van der Waals surface area contributed by atoms with Crippen LogP contribution in [0.3, 0.4) is 0 Å². The number of carbonyl (C=O) groups is 1. The van der Waals surface area contributed by atoms with Gasteiger partial charge in [0.05, 0.1) is 17.9 Å². The minimum atomic E-state index is -2.74. The molecule has 1 N–H and O–H groups in total. The van der Waals surface area contributed by atoms with Crippen LogP contribution >= 0.6 is 0 Å². The molecule has 3 aliphatic heterocycles. The minimum Gasteiger partial charge on any atom is -0.490 e. The number of fused-ring (bicyclic) bond motifs is 1. The molecule has 1 spiro atoms. The number of hydrogen-bond donors (Lipinski definition) is 1. The van der Waals surface area contributed by atoms with Crippen LogP contribution in [0.5, 0.6) is 11.5 Å². The SMILES string of the molecule is O=C1N[C@]23CC2[C@@H](C3)Oc2ccc(F)cc2CN2c3nc4c1cnn4cc3OC[C@H]2C(F)F. The van der Waals surface area contributed by atoms with Crippen LogP contribution in [0.15, 0.2) is 30.6 Å². The van der Waals surface area contributed by atoms with E-state index in [0.29, 0.717) is 17.7 Å². The van der Waals surface area contributed by atoms with E-state index in [1.807, 2.05) is 0 Å². The Morgan fingerprint density at radius 1 is 1.24 bits per heavy atom. The Balaban J connectivity index is 1.43. The third-order valence-electron chi connectivity index (χ3n) is 7.21. The first kappa shape index (κ1) is 19.0. The van der Waals surface area contributed by atoms with Gasteiger partial charge in [-0.25, -0.2) is 22.7 Å². The first-order valence-corrected chi connectivity index (χ1v) is 10.8. The van der Waals surface area contributed by atoms with E-state index in [9.17, 15) is 18.0 Å². The van der Waals surface area contributed by atoms with E-state index < -0.39 is 18.3 Å². The number of halogens is 3. The summed E-state index contributed by atoms with van der Waals surface area (Å²) in [4.78, 5) is 19.0. The largest absolute Gasteiger partial charge is 0.490 e. The molecule has 5 heterocycles. The van der Waals surface area contributed by atoms with Crippen molar-refractivity contribution in [1.82, 2.24) is 19.9 Å². The summed E-state index contributed by atoms with van der Waals surface area (Å²) in [7, 11) is 0. The highest BCUT2D eigenvalue weighted by molar-refractivity contribution is 6.00. The van der Waals surface area contributed by atoms with Crippen molar-refractivity contribution >= 4 is 17.4 Å². The van der Waals surface area contributed by atoms with Crippen LogP contribution in [0, 0.1) is 11.7 Å². The Hall–Kier alpha value is -3.50. The Morgan fingerprint density at radius 2 is 2.12 bits per heavy atom. The first-order chi connectivity index (χ1) is 15.9. The standard InChI is InChI=1S/C22H18F3N5O3/c23-11-1-2-15-10(3-11)7-29-14(18(24)25)9-32-17-8-30-19(27-20(17)29)12(6-26-30)21(31)28-22-4-13(22)16(5-22)33-15/h1-3,6,8,13-14,16,18H,4-5,7,9H2,(H,28,31)/t13?,14-,16+,22-/m0/s1. The highest BCUT2D eigenvalue weighted by Gasteiger charge is 2.69. The van der Waals surface area contributed by atoms with Crippen molar-refractivity contribution < 1.29 is 27.4 Å². The van der Waals surface area contributed by atoms with Crippen molar-refractivity contribution in [2.75, 3.05) is 11.5 Å². The number of nitrogens with one attached hydrogen (secondary N) is 1. The van der Waals surface area contributed by atoms with Crippen molar-refractivity contribution in [1.29, 1.82) is 0 Å². The van der Waals surface area contributed by atoms with Crippen molar-refractivity contribution in [2.24, 2.45) is 5.92 Å². The van der Waals surface area contributed by atoms with Gasteiger partial charge in [0, 0.05) is 24.4 Å². The molecule has 0 saturated heterocycles. The third kappa shape index (κ3) is 2.67. The third-order valence-corrected chi connectivity index (χ3v) is 7.21. The van der Waals surface area contributed by atoms with Gasteiger partial charge in [0.1, 0.15) is 35.9 Å². The van der Waals surface area contributed by atoms with E-state index in [1.165, 1.54) is 40.0 Å². The molecule has 4 atom stereocenters. The van der Waals surface area contributed by atoms with E-state index in [4.69, 9.17) is 9.47 Å². The molecule has 1 aromatic carbocycles. The molecule has 4 bridgehead atoms. The second kappa shape index (κ2) is 6.30. The van der Waals surface area contributed by atoms with Gasteiger partial charge in [-0.2, -0.15) is 5.10 Å². The maximum atomic E-state index is 14.2. The topological polar surface area (TPSA) is 81.0 Å². The average molecular weight is 457 g/mol. The number of amides is 1. The molecular weight excluding hydrogens is 439 g/mol. The fraction of sp³-hybridized carbons (Fsp3) is 0.409. The van der Waals surface area contributed by atoms with E-state index in [1.54, 1.807) is 0 Å². The summed E-state index contributed by atoms with van der Waals surface area (Å²) in [6.45, 7) is -0.328. The molecule has 1 unspecified atom stereocenters. The van der Waals surface area contributed by atoms with Gasteiger partial charge >= 0.3 is 0 Å². The molecule has 2 saturated carbocycles. The van der Waals surface area contributed by atoms with Gasteiger partial charge in [-0.1, -0.05) is 0 Å². The highest BCUT2D eigenvalue weighted by Crippen LogP contribution is 2.61. The summed E-state index contributed by atoms with van der Waals surface area (Å²) in [6.07, 6.45) is 1.48. The van der Waals surface area contributed by atoms with Crippen molar-refractivity contribution in [2.45, 2.75) is 43.5 Å². The lowest BCUT2D eigenvalue weighted by Gasteiger charge is -2.38. The summed E-state index contributed by atoms with van der Waals surface area (Å²) in [5.41, 5.74) is 0.629. The number of anilines is 1. The lowest BCUT2D eigenvalue weighted by Crippen LogP contribution is -2.52. The van der Waals surface area contributed by atoms with Gasteiger partial charge in [0.2, 0.25) is 0 Å². The van der Waals surface area contributed by atoms with Crippen LogP contribution in [0.4, 0.5) is 19.0 Å². The number of ether oxygens (including phenoxy) is 2. The summed E-state index contributed by atoms with van der Waals surface area (Å²) in [5, 5.41) is 7.29. The fourth-order valence-electron chi connectivity index (χ4n) is 5.32. The van der Waals surface area contributed by atoms with Crippen molar-refractivity contribution in [3.05, 3.63) is 47.5 Å². The Morgan fingerprint density at radius 3 is 2.94 bits per heavy atom. The van der Waals surface area contributed by atoms with Gasteiger partial charge in [-0.15, -0.1) is 0 Å². The summed E-state index contributed by atoms with van der Waals surface area (Å²) in [6, 6.07) is 2.82. The average Bonchev–Trinajstić information content (AvgIpc) is 3.13. The Kier molecular flexibility index (Phi) is 3.63. The van der Waals surface area contributed by atoms with Crippen molar-refractivity contribution in [3.63, 3.8) is 0 Å². The van der Waals surface area contributed by atoms with Crippen LogP contribution in [-0.2, 0) is 6.54 Å². The minimum absolute atomic E-state index is 0.0557. The zero-order valence-corrected chi connectivity index (χ0v) is 17.2. The van der Waals surface area contributed by atoms with Crippen LogP contribution < -0.4 is 19.7 Å². The van der Waals surface area contributed by atoms with Crippen molar-refractivity contribution in [3.8, 4) is 11.5 Å². The summed E-state index contributed by atoms with van der Waals surface area (Å²) < 4.78 is 55.4. The predicted molar refractivity (Wildman–Crippen MR) is 108 cm³/mol. The van der Waals surface area contributed by atoms with Gasteiger partial charge in [0.15, 0.2) is 17.2 Å². The number of aromatic nitrogens is 3. The molecule has 2 aromatic heterocycles. The molecule has 5 aliphatic rings. The lowest BCUT2D eigenvalue weighted by molar-refractivity contribution is 0.0637. The molecule has 8 rings (SSSR count). The van der Waals surface area contributed by atoms with E-state index in [0.717, 1.165) is 6.42 Å². The molecule has 11 heteroatoms.